The summed E-state index contributed by atoms with van der Waals surface area (Å²) in [7, 11) is -4.26. The molecule has 0 amide bonds. The average molecular weight is 412 g/mol. The summed E-state index contributed by atoms with van der Waals surface area (Å²) in [5.74, 6) is 0. The van der Waals surface area contributed by atoms with E-state index < -0.39 is 31.7 Å². The molecule has 2 aromatic carbocycles. The van der Waals surface area contributed by atoms with Gasteiger partial charge in [-0.05, 0) is 30.3 Å². The first-order chi connectivity index (χ1) is 13.0. The maximum absolute atomic E-state index is 13.2. The third-order valence-corrected chi connectivity index (χ3v) is 4.73. The Morgan fingerprint density at radius 3 is 2.21 bits per heavy atom. The van der Waals surface area contributed by atoms with Crippen molar-refractivity contribution in [3.8, 4) is 16.9 Å². The fraction of sp³-hybridized carbons (Fsp3) is 0.0625. The number of benzene rings is 2. The lowest BCUT2D eigenvalue weighted by molar-refractivity contribution is -0.384. The number of nitrogens with two attached hydrogens (primary N) is 1. The van der Waals surface area contributed by atoms with E-state index in [-0.39, 0.29) is 22.6 Å². The van der Waals surface area contributed by atoms with Gasteiger partial charge in [0.25, 0.3) is 5.69 Å². The first-order valence-electron chi connectivity index (χ1n) is 7.53. The van der Waals surface area contributed by atoms with Gasteiger partial charge in [0.05, 0.1) is 16.3 Å². The minimum absolute atomic E-state index is 0.113. The molecule has 0 saturated heterocycles. The summed E-state index contributed by atoms with van der Waals surface area (Å²) in [5.41, 5.74) is -1.65. The van der Waals surface area contributed by atoms with Crippen LogP contribution in [-0.4, -0.2) is 23.1 Å². The van der Waals surface area contributed by atoms with Gasteiger partial charge in [-0.2, -0.15) is 18.3 Å². The molecule has 0 saturated carbocycles. The van der Waals surface area contributed by atoms with E-state index in [0.29, 0.717) is 0 Å². The topological polar surface area (TPSA) is 121 Å². The number of aromatic nitrogens is 2. The van der Waals surface area contributed by atoms with Crippen molar-refractivity contribution in [3.05, 3.63) is 70.4 Å². The fourth-order valence-corrected chi connectivity index (χ4v) is 3.25. The van der Waals surface area contributed by atoms with Gasteiger partial charge >= 0.3 is 6.18 Å². The molecule has 8 nitrogen and oxygen atoms in total. The van der Waals surface area contributed by atoms with E-state index in [9.17, 15) is 31.7 Å². The van der Waals surface area contributed by atoms with Crippen molar-refractivity contribution >= 4 is 15.7 Å². The summed E-state index contributed by atoms with van der Waals surface area (Å²) in [6.07, 6.45) is -4.79. The molecule has 1 heterocycles. The number of nitro benzene ring substituents is 1. The molecule has 0 bridgehead atoms. The fourth-order valence-electron chi connectivity index (χ4n) is 2.54. The second-order valence-electron chi connectivity index (χ2n) is 5.64. The highest BCUT2D eigenvalue weighted by Crippen LogP contribution is 2.34. The van der Waals surface area contributed by atoms with Crippen molar-refractivity contribution in [1.82, 2.24) is 9.78 Å². The van der Waals surface area contributed by atoms with Crippen molar-refractivity contribution in [1.29, 1.82) is 0 Å². The summed E-state index contributed by atoms with van der Waals surface area (Å²) in [4.78, 5) is 9.71. The van der Waals surface area contributed by atoms with Gasteiger partial charge in [-0.15, -0.1) is 0 Å². The van der Waals surface area contributed by atoms with Crippen LogP contribution in [0, 0.1) is 10.1 Å². The highest BCUT2D eigenvalue weighted by molar-refractivity contribution is 7.89. The minimum atomic E-state index is -4.79. The van der Waals surface area contributed by atoms with Crippen LogP contribution in [0.15, 0.2) is 59.5 Å². The largest absolute Gasteiger partial charge is 0.435 e. The number of sulfonamides is 1. The van der Waals surface area contributed by atoms with Gasteiger partial charge in [0.1, 0.15) is 4.90 Å². The van der Waals surface area contributed by atoms with Gasteiger partial charge in [0.15, 0.2) is 5.69 Å². The number of para-hydroxylation sites is 1. The number of rotatable bonds is 4. The molecule has 28 heavy (non-hydrogen) atoms. The molecule has 0 aliphatic heterocycles. The molecule has 1 aromatic heterocycles. The van der Waals surface area contributed by atoms with Gasteiger partial charge in [-0.3, -0.25) is 10.1 Å². The zero-order valence-electron chi connectivity index (χ0n) is 13.8. The number of hydrogen-bond donors (Lipinski definition) is 1. The molecule has 3 aromatic rings. The highest BCUT2D eigenvalue weighted by atomic mass is 32.2. The lowest BCUT2D eigenvalue weighted by atomic mass is 10.1. The predicted octanol–water partition coefficient (Wildman–Crippen LogP) is 3.11. The summed E-state index contributed by atoms with van der Waals surface area (Å²) < 4.78 is 64.1. The Balaban J connectivity index is 2.28. The zero-order chi connectivity index (χ0) is 20.7. The van der Waals surface area contributed by atoms with Crippen LogP contribution < -0.4 is 5.14 Å². The van der Waals surface area contributed by atoms with Crippen molar-refractivity contribution in [2.45, 2.75) is 11.1 Å². The smallest absolute Gasteiger partial charge is 0.258 e. The molecule has 3 rings (SSSR count). The summed E-state index contributed by atoms with van der Waals surface area (Å²) in [6.45, 7) is 0. The lowest BCUT2D eigenvalue weighted by Gasteiger charge is -2.11. The number of non-ortho nitro benzene ring substituents is 1. The molecule has 0 unspecified atom stereocenters. The van der Waals surface area contributed by atoms with Crippen LogP contribution in [-0.2, 0) is 16.2 Å². The quantitative estimate of drug-likeness (QED) is 0.521. The van der Waals surface area contributed by atoms with Gasteiger partial charge in [0.2, 0.25) is 10.0 Å². The summed E-state index contributed by atoms with van der Waals surface area (Å²) in [5, 5.41) is 19.4. The average Bonchev–Trinajstić information content (AvgIpc) is 3.06. The van der Waals surface area contributed by atoms with Crippen LogP contribution in [0.1, 0.15) is 5.69 Å². The van der Waals surface area contributed by atoms with Crippen molar-refractivity contribution in [2.75, 3.05) is 0 Å². The standard InChI is InChI=1S/C16H11F3N4O4S/c17-16(18,19)15-9-13(10-5-7-11(8-6-10)23(24)25)22(21-15)12-3-1-2-4-14(12)28(20,26)27/h1-9H,(H2,20,26,27). The van der Waals surface area contributed by atoms with E-state index in [1.54, 1.807) is 0 Å². The van der Waals surface area contributed by atoms with Gasteiger partial charge in [-0.1, -0.05) is 12.1 Å². The summed E-state index contributed by atoms with van der Waals surface area (Å²) >= 11 is 0. The van der Waals surface area contributed by atoms with E-state index in [1.807, 2.05) is 0 Å². The van der Waals surface area contributed by atoms with Crippen molar-refractivity contribution in [3.63, 3.8) is 0 Å². The first kappa shape index (κ1) is 19.5. The molecule has 0 spiro atoms. The number of nitrogens with zero attached hydrogens (tertiary/aromatic N) is 3. The van der Waals surface area contributed by atoms with E-state index in [4.69, 9.17) is 5.14 Å². The van der Waals surface area contributed by atoms with E-state index >= 15 is 0 Å². The third kappa shape index (κ3) is 3.73. The molecule has 0 fully saturated rings. The van der Waals surface area contributed by atoms with Crippen LogP contribution in [0.4, 0.5) is 18.9 Å². The first-order valence-corrected chi connectivity index (χ1v) is 9.07. The molecular formula is C16H11F3N4O4S. The SMILES string of the molecule is NS(=O)(=O)c1ccccc1-n1nc(C(F)(F)F)cc1-c1ccc([N+](=O)[O-])cc1. The maximum atomic E-state index is 13.2. The Bertz CT molecular complexity index is 1160. The molecule has 146 valence electrons. The molecular weight excluding hydrogens is 401 g/mol. The zero-order valence-corrected chi connectivity index (χ0v) is 14.6. The van der Waals surface area contributed by atoms with E-state index in [2.05, 4.69) is 5.10 Å². The normalized spacial score (nSPS) is 12.1. The second-order valence-corrected chi connectivity index (χ2v) is 7.17. The van der Waals surface area contributed by atoms with E-state index in [1.165, 1.54) is 30.3 Å². The second kappa shape index (κ2) is 6.73. The third-order valence-electron chi connectivity index (χ3n) is 3.77. The summed E-state index contributed by atoms with van der Waals surface area (Å²) in [6, 6.07) is 10.6. The van der Waals surface area contributed by atoms with Gasteiger partial charge in [0, 0.05) is 17.7 Å². The Labute approximate surface area is 156 Å². The number of primary sulfonamides is 1. The molecule has 0 aliphatic carbocycles. The van der Waals surface area contributed by atoms with E-state index in [0.717, 1.165) is 28.9 Å². The number of hydrogen-bond acceptors (Lipinski definition) is 5. The number of halogens is 3. The Hall–Kier alpha value is -3.25. The molecule has 0 aliphatic rings. The van der Waals surface area contributed by atoms with Crippen LogP contribution in [0.5, 0.6) is 0 Å². The molecule has 0 atom stereocenters. The van der Waals surface area contributed by atoms with Crippen LogP contribution in [0.25, 0.3) is 16.9 Å². The highest BCUT2D eigenvalue weighted by Gasteiger charge is 2.35. The molecule has 2 N–H and O–H groups in total. The Morgan fingerprint density at radius 2 is 1.68 bits per heavy atom. The number of nitro groups is 1. The Morgan fingerprint density at radius 1 is 1.07 bits per heavy atom. The molecule has 0 radical (unpaired) electrons. The van der Waals surface area contributed by atoms with Crippen molar-refractivity contribution in [2.24, 2.45) is 5.14 Å². The number of alkyl halides is 3. The molecule has 12 heteroatoms. The van der Waals surface area contributed by atoms with Crippen LogP contribution in [0.3, 0.4) is 0 Å². The minimum Gasteiger partial charge on any atom is -0.258 e. The Kier molecular flexibility index (Phi) is 4.69. The van der Waals surface area contributed by atoms with Crippen molar-refractivity contribution < 1.29 is 26.5 Å². The monoisotopic (exact) mass is 412 g/mol. The van der Waals surface area contributed by atoms with Crippen LogP contribution >= 0.6 is 0 Å². The maximum Gasteiger partial charge on any atom is 0.435 e. The van der Waals surface area contributed by atoms with Gasteiger partial charge < -0.3 is 0 Å². The predicted molar refractivity (Wildman–Crippen MR) is 92.0 cm³/mol. The lowest BCUT2D eigenvalue weighted by Crippen LogP contribution is -2.16. The van der Waals surface area contributed by atoms with Gasteiger partial charge in [-0.25, -0.2) is 18.2 Å². The van der Waals surface area contributed by atoms with Crippen LogP contribution in [0.2, 0.25) is 0 Å².